The molecular formula is C44H46F2N8O8S. The van der Waals surface area contributed by atoms with Crippen LogP contribution in [0.4, 0.5) is 19.3 Å². The standard InChI is InChI=1S/C44H46F2N8O8S/c1-2-28-21-44(28)42(58)52-63(60,61)38-19-29(45)13-15-34(38)48-17-7-5-3-4-6-11-36(50-39(55)35-14-12-26-22-47-18-16-33(26)49-35)41(57)54-24-30(20-37(54)40(56)51-44)62-43(59)53-23-27-9-8-10-32(46)31(27)25-53/h2,8-10,12-16,18-19,22,28,30,36-37,48H,1,3-7,11,17,20-21,23-25H2,(H,50,55)(H,51,56)(H,52,58)/t28-,30-,36+,37+,44-/m1/s1. The first-order chi connectivity index (χ1) is 30.3. The first kappa shape index (κ1) is 43.2. The van der Waals surface area contributed by atoms with Crippen LogP contribution in [0.5, 0.6) is 0 Å². The summed E-state index contributed by atoms with van der Waals surface area (Å²) in [5.74, 6) is -5.29. The van der Waals surface area contributed by atoms with Gasteiger partial charge in [0.15, 0.2) is 0 Å². The van der Waals surface area contributed by atoms with Crippen LogP contribution < -0.4 is 20.7 Å². The Morgan fingerprint density at radius 2 is 1.81 bits per heavy atom. The van der Waals surface area contributed by atoms with E-state index in [4.69, 9.17) is 4.74 Å². The normalized spacial score (nSPS) is 25.1. The number of hydrogen-bond acceptors (Lipinski definition) is 11. The highest BCUT2D eigenvalue weighted by molar-refractivity contribution is 7.90. The molecule has 330 valence electrons. The van der Waals surface area contributed by atoms with E-state index in [1.165, 1.54) is 34.1 Å². The fourth-order valence-electron chi connectivity index (χ4n) is 8.58. The fraction of sp³-hybridized carbons (Fsp3) is 0.386. The van der Waals surface area contributed by atoms with Gasteiger partial charge in [-0.15, -0.1) is 6.58 Å². The number of fused-ring (bicyclic) bond motifs is 4. The van der Waals surface area contributed by atoms with E-state index >= 15 is 0 Å². The predicted molar refractivity (Wildman–Crippen MR) is 224 cm³/mol. The van der Waals surface area contributed by atoms with E-state index in [1.807, 2.05) is 4.72 Å². The molecule has 2 aromatic heterocycles. The molecule has 3 aliphatic heterocycles. The molecule has 0 bridgehead atoms. The number of aromatic nitrogens is 2. The number of anilines is 1. The maximum atomic E-state index is 14.8. The van der Waals surface area contributed by atoms with E-state index in [0.717, 1.165) is 12.1 Å². The average Bonchev–Trinajstić information content (AvgIpc) is 3.55. The summed E-state index contributed by atoms with van der Waals surface area (Å²) in [7, 11) is -4.70. The second-order valence-corrected chi connectivity index (χ2v) is 18.0. The molecule has 16 nitrogen and oxygen atoms in total. The molecule has 0 unspecified atom stereocenters. The molecule has 5 heterocycles. The van der Waals surface area contributed by atoms with Gasteiger partial charge in [-0.3, -0.25) is 29.1 Å². The van der Waals surface area contributed by atoms with Crippen LogP contribution in [0.3, 0.4) is 0 Å². The number of rotatable bonds is 4. The molecular weight excluding hydrogens is 839 g/mol. The van der Waals surface area contributed by atoms with Crippen molar-refractivity contribution in [1.82, 2.24) is 35.1 Å². The number of sulfonamides is 1. The molecule has 63 heavy (non-hydrogen) atoms. The maximum Gasteiger partial charge on any atom is 0.410 e. The van der Waals surface area contributed by atoms with E-state index in [-0.39, 0.29) is 50.3 Å². The summed E-state index contributed by atoms with van der Waals surface area (Å²) >= 11 is 0. The first-order valence-corrected chi connectivity index (χ1v) is 22.3. The Hall–Kier alpha value is -6.50. The summed E-state index contributed by atoms with van der Waals surface area (Å²) in [6.45, 7) is 3.83. The smallest absolute Gasteiger partial charge is 0.410 e. The van der Waals surface area contributed by atoms with Crippen LogP contribution in [-0.2, 0) is 42.2 Å². The van der Waals surface area contributed by atoms with Crippen molar-refractivity contribution in [2.75, 3.05) is 18.4 Å². The summed E-state index contributed by atoms with van der Waals surface area (Å²) in [6, 6.07) is 10.0. The van der Waals surface area contributed by atoms with Crippen LogP contribution in [0.15, 0.2) is 84.5 Å². The van der Waals surface area contributed by atoms with E-state index in [9.17, 15) is 41.2 Å². The van der Waals surface area contributed by atoms with Gasteiger partial charge in [0.25, 0.3) is 21.8 Å². The number of amides is 5. The number of pyridine rings is 2. The Balaban J connectivity index is 1.09. The SMILES string of the molecule is C=C[C@@H]1C[C@@]12NC(=O)[C@@H]1C[C@@H](OC(=O)N3Cc4cccc(F)c4C3)CN1C(=O)[C@@H](NC(=O)c1ccc3cnccc3n1)CCCCCCCNc1ccc(F)cc1S(=O)(=O)NC2=O. The van der Waals surface area contributed by atoms with Crippen LogP contribution >= 0.6 is 0 Å². The van der Waals surface area contributed by atoms with E-state index in [2.05, 4.69) is 32.5 Å². The van der Waals surface area contributed by atoms with Gasteiger partial charge in [-0.2, -0.15) is 0 Å². The molecule has 4 aromatic rings. The highest BCUT2D eigenvalue weighted by Crippen LogP contribution is 2.45. The van der Waals surface area contributed by atoms with E-state index in [0.29, 0.717) is 60.7 Å². The van der Waals surface area contributed by atoms with Gasteiger partial charge in [-0.25, -0.2) is 31.7 Å². The number of carbonyl (C=O) groups excluding carboxylic acids is 5. The largest absolute Gasteiger partial charge is 0.444 e. The van der Waals surface area contributed by atoms with Crippen LogP contribution in [0.25, 0.3) is 10.9 Å². The van der Waals surface area contributed by atoms with Gasteiger partial charge in [0, 0.05) is 48.8 Å². The minimum Gasteiger partial charge on any atom is -0.444 e. The topological polar surface area (TPSA) is 209 Å². The summed E-state index contributed by atoms with van der Waals surface area (Å²) < 4.78 is 64.5. The molecule has 1 aliphatic carbocycles. The Bertz CT molecular complexity index is 2620. The number of carbonyl (C=O) groups is 5. The molecule has 19 heteroatoms. The number of benzene rings is 2. The van der Waals surface area contributed by atoms with Gasteiger partial charge in [-0.1, -0.05) is 43.9 Å². The fourth-order valence-corrected chi connectivity index (χ4v) is 9.81. The van der Waals surface area contributed by atoms with Crippen molar-refractivity contribution in [3.05, 3.63) is 108 Å². The molecule has 1 saturated carbocycles. The minimum absolute atomic E-state index is 0.0439. The molecule has 0 radical (unpaired) electrons. The molecule has 2 aromatic carbocycles. The third-order valence-electron chi connectivity index (χ3n) is 12.1. The third kappa shape index (κ3) is 9.05. The molecule has 5 atom stereocenters. The highest BCUT2D eigenvalue weighted by atomic mass is 32.2. The zero-order valence-electron chi connectivity index (χ0n) is 34.1. The van der Waals surface area contributed by atoms with E-state index in [1.54, 1.807) is 36.7 Å². The number of ether oxygens (including phenoxy) is 1. The van der Waals surface area contributed by atoms with Gasteiger partial charge >= 0.3 is 6.09 Å². The average molecular weight is 885 g/mol. The van der Waals surface area contributed by atoms with E-state index < -0.39 is 85.9 Å². The van der Waals surface area contributed by atoms with Crippen molar-refractivity contribution < 1.29 is 45.9 Å². The number of nitrogens with one attached hydrogen (secondary N) is 4. The van der Waals surface area contributed by atoms with Gasteiger partial charge in [-0.05, 0) is 67.3 Å². The number of halogens is 2. The van der Waals surface area contributed by atoms with Crippen molar-refractivity contribution in [2.24, 2.45) is 5.92 Å². The van der Waals surface area contributed by atoms with Gasteiger partial charge in [0.2, 0.25) is 11.8 Å². The molecule has 1 spiro atoms. The second kappa shape index (κ2) is 17.7. The predicted octanol–water partition coefficient (Wildman–Crippen LogP) is 4.46. The van der Waals surface area contributed by atoms with Crippen LogP contribution in [0, 0.1) is 17.6 Å². The molecule has 4 aliphatic rings. The lowest BCUT2D eigenvalue weighted by atomic mass is 10.0. The third-order valence-corrected chi connectivity index (χ3v) is 13.5. The highest BCUT2D eigenvalue weighted by Gasteiger charge is 2.61. The van der Waals surface area contributed by atoms with Crippen LogP contribution in [-0.4, -0.2) is 94.7 Å². The molecule has 2 fully saturated rings. The Morgan fingerprint density at radius 3 is 2.60 bits per heavy atom. The van der Waals surface area contributed by atoms with Crippen molar-refractivity contribution in [3.8, 4) is 0 Å². The van der Waals surface area contributed by atoms with Gasteiger partial charge in [0.1, 0.15) is 46.0 Å². The monoisotopic (exact) mass is 884 g/mol. The van der Waals surface area contributed by atoms with Crippen molar-refractivity contribution in [3.63, 3.8) is 0 Å². The van der Waals surface area contributed by atoms with Crippen LogP contribution in [0.2, 0.25) is 0 Å². The maximum absolute atomic E-state index is 14.8. The van der Waals surface area contributed by atoms with Gasteiger partial charge < -0.3 is 25.6 Å². The van der Waals surface area contributed by atoms with Crippen molar-refractivity contribution in [2.45, 2.75) is 93.1 Å². The number of hydrogen-bond donors (Lipinski definition) is 4. The lowest BCUT2D eigenvalue weighted by Gasteiger charge is -2.30. The summed E-state index contributed by atoms with van der Waals surface area (Å²) in [5.41, 5.74) is -0.222. The zero-order valence-corrected chi connectivity index (χ0v) is 35.0. The summed E-state index contributed by atoms with van der Waals surface area (Å²) in [5, 5.41) is 9.25. The summed E-state index contributed by atoms with van der Waals surface area (Å²) in [4.78, 5) is 81.2. The molecule has 1 saturated heterocycles. The summed E-state index contributed by atoms with van der Waals surface area (Å²) in [6.07, 6.45) is 5.74. The van der Waals surface area contributed by atoms with Gasteiger partial charge in [0.05, 0.1) is 24.3 Å². The first-order valence-electron chi connectivity index (χ1n) is 20.9. The van der Waals surface area contributed by atoms with Crippen molar-refractivity contribution >= 4 is 56.3 Å². The molecule has 5 amide bonds. The van der Waals surface area contributed by atoms with Crippen LogP contribution in [0.1, 0.15) is 73.0 Å². The second-order valence-electron chi connectivity index (χ2n) is 16.3. The zero-order chi connectivity index (χ0) is 44.5. The molecule has 4 N–H and O–H groups in total. The Kier molecular flexibility index (Phi) is 12.1. The minimum atomic E-state index is -4.70. The lowest BCUT2D eigenvalue weighted by molar-refractivity contribution is -0.141. The number of nitrogens with zero attached hydrogens (tertiary/aromatic N) is 4. The lowest BCUT2D eigenvalue weighted by Crippen LogP contribution is -2.58. The van der Waals surface area contributed by atoms with Crippen molar-refractivity contribution in [1.29, 1.82) is 0 Å². The quantitative estimate of drug-likeness (QED) is 0.211. The Morgan fingerprint density at radius 1 is 1.00 bits per heavy atom. The molecule has 8 rings (SSSR count). The Labute approximate surface area is 361 Å².